The normalized spacial score (nSPS) is 11.5. The van der Waals surface area contributed by atoms with Gasteiger partial charge in [-0.25, -0.2) is 0 Å². The van der Waals surface area contributed by atoms with Crippen molar-refractivity contribution in [3.63, 3.8) is 0 Å². The number of carbonyl (C=O) groups is 1. The summed E-state index contributed by atoms with van der Waals surface area (Å²) < 4.78 is 23.3. The monoisotopic (exact) mass is 501 g/mol. The van der Waals surface area contributed by atoms with Gasteiger partial charge < -0.3 is 18.6 Å². The Morgan fingerprint density at radius 3 is 2.11 bits per heavy atom. The maximum Gasteiger partial charge on any atom is 0.150 e. The molecule has 4 aromatic rings. The SMILES string of the molecule is COc1ccc(-c2oc3cc(OC)ccc3c2-c2cc(OCCN(C(C)C)C(C)C)ccc2C=O)cc1. The Balaban J connectivity index is 1.79. The minimum atomic E-state index is 0.429. The lowest BCUT2D eigenvalue weighted by molar-refractivity contribution is 0.112. The van der Waals surface area contributed by atoms with Gasteiger partial charge in [-0.05, 0) is 82.3 Å². The molecule has 194 valence electrons. The Kier molecular flexibility index (Phi) is 8.19. The number of rotatable bonds is 11. The fraction of sp³-hybridized carbons (Fsp3) is 0.323. The minimum absolute atomic E-state index is 0.429. The van der Waals surface area contributed by atoms with E-state index in [-0.39, 0.29) is 0 Å². The molecule has 0 bridgehead atoms. The van der Waals surface area contributed by atoms with Gasteiger partial charge in [0.25, 0.3) is 0 Å². The summed E-state index contributed by atoms with van der Waals surface area (Å²) in [6.45, 7) is 10.1. The second kappa shape index (κ2) is 11.5. The number of nitrogens with zero attached hydrogens (tertiary/aromatic N) is 1. The fourth-order valence-electron chi connectivity index (χ4n) is 4.74. The van der Waals surface area contributed by atoms with Crippen LogP contribution in [0.2, 0.25) is 0 Å². The molecule has 4 rings (SSSR count). The van der Waals surface area contributed by atoms with E-state index < -0.39 is 0 Å². The van der Waals surface area contributed by atoms with Crippen molar-refractivity contribution in [3.05, 3.63) is 66.2 Å². The highest BCUT2D eigenvalue weighted by molar-refractivity contribution is 6.05. The molecule has 37 heavy (non-hydrogen) atoms. The van der Waals surface area contributed by atoms with E-state index in [1.165, 1.54) is 0 Å². The van der Waals surface area contributed by atoms with Crippen LogP contribution in [0.5, 0.6) is 17.2 Å². The smallest absolute Gasteiger partial charge is 0.150 e. The molecule has 0 fully saturated rings. The van der Waals surface area contributed by atoms with Crippen molar-refractivity contribution >= 4 is 17.3 Å². The molecule has 0 unspecified atom stereocenters. The molecule has 0 atom stereocenters. The number of furan rings is 1. The number of carbonyl (C=O) groups excluding carboxylic acids is 1. The second-order valence-corrected chi connectivity index (χ2v) is 9.54. The van der Waals surface area contributed by atoms with Gasteiger partial charge >= 0.3 is 0 Å². The van der Waals surface area contributed by atoms with Gasteiger partial charge in [0.15, 0.2) is 6.29 Å². The second-order valence-electron chi connectivity index (χ2n) is 9.54. The van der Waals surface area contributed by atoms with E-state index in [4.69, 9.17) is 18.6 Å². The third-order valence-corrected chi connectivity index (χ3v) is 6.62. The van der Waals surface area contributed by atoms with E-state index in [0.717, 1.165) is 40.7 Å². The van der Waals surface area contributed by atoms with Crippen molar-refractivity contribution in [3.8, 4) is 39.7 Å². The molecule has 0 aliphatic carbocycles. The number of benzene rings is 3. The predicted molar refractivity (Wildman–Crippen MR) is 148 cm³/mol. The van der Waals surface area contributed by atoms with Crippen LogP contribution in [-0.2, 0) is 0 Å². The van der Waals surface area contributed by atoms with E-state index in [2.05, 4.69) is 32.6 Å². The molecule has 6 nitrogen and oxygen atoms in total. The fourth-order valence-corrected chi connectivity index (χ4v) is 4.74. The van der Waals surface area contributed by atoms with Crippen LogP contribution in [0.1, 0.15) is 38.1 Å². The van der Waals surface area contributed by atoms with Crippen LogP contribution >= 0.6 is 0 Å². The summed E-state index contributed by atoms with van der Waals surface area (Å²) in [5, 5.41) is 0.887. The third kappa shape index (κ3) is 5.65. The molecule has 1 aromatic heterocycles. The van der Waals surface area contributed by atoms with E-state index in [9.17, 15) is 4.79 Å². The lowest BCUT2D eigenvalue weighted by Crippen LogP contribution is -2.39. The first-order valence-corrected chi connectivity index (χ1v) is 12.6. The average Bonchev–Trinajstić information content (AvgIpc) is 3.29. The predicted octanol–water partition coefficient (Wildman–Crippen LogP) is 7.09. The molecule has 0 amide bonds. The summed E-state index contributed by atoms with van der Waals surface area (Å²) in [6.07, 6.45) is 0.874. The molecule has 3 aromatic carbocycles. The van der Waals surface area contributed by atoms with Crippen LogP contribution in [-0.4, -0.2) is 50.6 Å². The molecule has 0 radical (unpaired) electrons. The number of ether oxygens (including phenoxy) is 3. The van der Waals surface area contributed by atoms with Crippen molar-refractivity contribution in [1.82, 2.24) is 4.90 Å². The molecular weight excluding hydrogens is 466 g/mol. The zero-order valence-electron chi connectivity index (χ0n) is 22.4. The average molecular weight is 502 g/mol. The standard InChI is InChI=1S/C31H35NO5/c1-20(2)32(21(3)4)15-16-36-26-12-9-23(19-33)28(17-26)30-27-14-13-25(35-6)18-29(27)37-31(30)22-7-10-24(34-5)11-8-22/h7-14,17-21H,15-16H2,1-6H3. The molecule has 0 N–H and O–H groups in total. The third-order valence-electron chi connectivity index (χ3n) is 6.62. The van der Waals surface area contributed by atoms with Gasteiger partial charge in [-0.3, -0.25) is 9.69 Å². The van der Waals surface area contributed by atoms with Gasteiger partial charge in [0.2, 0.25) is 0 Å². The zero-order valence-corrected chi connectivity index (χ0v) is 22.4. The summed E-state index contributed by atoms with van der Waals surface area (Å²) in [5.74, 6) is 2.82. The van der Waals surface area contributed by atoms with Crippen LogP contribution in [0.25, 0.3) is 33.4 Å². The summed E-state index contributed by atoms with van der Waals surface area (Å²) in [7, 11) is 3.26. The molecule has 6 heteroatoms. The van der Waals surface area contributed by atoms with Crippen LogP contribution in [0.4, 0.5) is 0 Å². The first-order valence-electron chi connectivity index (χ1n) is 12.6. The Morgan fingerprint density at radius 1 is 0.838 bits per heavy atom. The lowest BCUT2D eigenvalue weighted by atomic mass is 9.94. The van der Waals surface area contributed by atoms with Crippen molar-refractivity contribution in [2.45, 2.75) is 39.8 Å². The van der Waals surface area contributed by atoms with Gasteiger partial charge in [-0.15, -0.1) is 0 Å². The Hall–Kier alpha value is -3.77. The molecule has 0 aliphatic heterocycles. The summed E-state index contributed by atoms with van der Waals surface area (Å²) in [4.78, 5) is 14.5. The van der Waals surface area contributed by atoms with Crippen molar-refractivity contribution in [1.29, 1.82) is 0 Å². The Labute approximate surface area is 218 Å². The summed E-state index contributed by atoms with van der Waals surface area (Å²) in [5.41, 5.74) is 3.70. The highest BCUT2D eigenvalue weighted by atomic mass is 16.5. The molecule has 0 saturated carbocycles. The van der Waals surface area contributed by atoms with Gasteiger partial charge in [0.05, 0.1) is 14.2 Å². The topological polar surface area (TPSA) is 61.1 Å². The number of hydrogen-bond acceptors (Lipinski definition) is 6. The maximum absolute atomic E-state index is 12.1. The quantitative estimate of drug-likeness (QED) is 0.204. The van der Waals surface area contributed by atoms with E-state index in [1.54, 1.807) is 20.3 Å². The number of methoxy groups -OCH3 is 2. The molecule has 0 spiro atoms. The Morgan fingerprint density at radius 2 is 1.49 bits per heavy atom. The highest BCUT2D eigenvalue weighted by Gasteiger charge is 2.21. The molecule has 1 heterocycles. The molecule has 0 saturated heterocycles. The summed E-state index contributed by atoms with van der Waals surface area (Å²) >= 11 is 0. The Bertz CT molecular complexity index is 1350. The minimum Gasteiger partial charge on any atom is -0.497 e. The first-order chi connectivity index (χ1) is 17.9. The van der Waals surface area contributed by atoms with Gasteiger partial charge in [-0.1, -0.05) is 0 Å². The van der Waals surface area contributed by atoms with Crippen molar-refractivity contribution in [2.24, 2.45) is 0 Å². The number of hydrogen-bond donors (Lipinski definition) is 0. The first kappa shape index (κ1) is 26.3. The van der Waals surface area contributed by atoms with Gasteiger partial charge in [0.1, 0.15) is 35.2 Å². The molecule has 0 aliphatic rings. The van der Waals surface area contributed by atoms with Crippen LogP contribution in [0, 0.1) is 0 Å². The lowest BCUT2D eigenvalue weighted by Gasteiger charge is -2.30. The maximum atomic E-state index is 12.1. The van der Waals surface area contributed by atoms with E-state index >= 15 is 0 Å². The number of aldehydes is 1. The highest BCUT2D eigenvalue weighted by Crippen LogP contribution is 2.44. The van der Waals surface area contributed by atoms with Crippen LogP contribution < -0.4 is 14.2 Å². The number of fused-ring (bicyclic) bond motifs is 1. The van der Waals surface area contributed by atoms with Crippen LogP contribution in [0.15, 0.2) is 65.1 Å². The zero-order chi connectivity index (χ0) is 26.5. The molecular formula is C31H35NO5. The summed E-state index contributed by atoms with van der Waals surface area (Å²) in [6, 6.07) is 19.8. The largest absolute Gasteiger partial charge is 0.497 e. The van der Waals surface area contributed by atoms with E-state index in [1.807, 2.05) is 54.6 Å². The van der Waals surface area contributed by atoms with Crippen LogP contribution in [0.3, 0.4) is 0 Å². The van der Waals surface area contributed by atoms with Crippen molar-refractivity contribution < 1.29 is 23.4 Å². The van der Waals surface area contributed by atoms with E-state index in [0.29, 0.717) is 47.1 Å². The van der Waals surface area contributed by atoms with Gasteiger partial charge in [0, 0.05) is 52.3 Å². The van der Waals surface area contributed by atoms with Gasteiger partial charge in [-0.2, -0.15) is 0 Å². The van der Waals surface area contributed by atoms with Crippen molar-refractivity contribution in [2.75, 3.05) is 27.4 Å².